The molecule has 1 heterocycles. The second kappa shape index (κ2) is 8.06. The average Bonchev–Trinajstić information content (AvgIpc) is 3.12. The predicted octanol–water partition coefficient (Wildman–Crippen LogP) is 5.20. The molecule has 0 atom stereocenters. The minimum Gasteiger partial charge on any atom is -0.497 e. The summed E-state index contributed by atoms with van der Waals surface area (Å²) in [5, 5.41) is 4.92. The van der Waals surface area contributed by atoms with Gasteiger partial charge in [0, 0.05) is 11.3 Å². The smallest absolute Gasteiger partial charge is 0.265 e. The lowest BCUT2D eigenvalue weighted by atomic mass is 10.1. The van der Waals surface area contributed by atoms with Crippen LogP contribution in [0.25, 0.3) is 0 Å². The normalized spacial score (nSPS) is 10.4. The summed E-state index contributed by atoms with van der Waals surface area (Å²) in [6, 6.07) is 15.3. The number of amides is 1. The second-order valence-corrected chi connectivity index (χ2v) is 6.97. The van der Waals surface area contributed by atoms with Gasteiger partial charge in [0.25, 0.3) is 5.91 Å². The third-order valence-corrected chi connectivity index (χ3v) is 4.95. The zero-order valence-corrected chi connectivity index (χ0v) is 15.9. The van der Waals surface area contributed by atoms with Crippen molar-refractivity contribution in [2.45, 2.75) is 20.5 Å². The number of carbonyl (C=O) groups is 1. The van der Waals surface area contributed by atoms with E-state index >= 15 is 0 Å². The highest BCUT2D eigenvalue weighted by molar-refractivity contribution is 7.12. The van der Waals surface area contributed by atoms with Gasteiger partial charge in [-0.2, -0.15) is 0 Å². The Morgan fingerprint density at radius 2 is 1.77 bits per heavy atom. The molecule has 134 valence electrons. The summed E-state index contributed by atoms with van der Waals surface area (Å²) in [6.45, 7) is 4.44. The largest absolute Gasteiger partial charge is 0.497 e. The first kappa shape index (κ1) is 18.0. The van der Waals surface area contributed by atoms with Crippen LogP contribution in [0.4, 0.5) is 5.69 Å². The highest BCUT2D eigenvalue weighted by atomic mass is 32.1. The molecule has 2 aromatic carbocycles. The van der Waals surface area contributed by atoms with E-state index in [-0.39, 0.29) is 5.91 Å². The molecule has 0 saturated carbocycles. The van der Waals surface area contributed by atoms with Gasteiger partial charge >= 0.3 is 0 Å². The van der Waals surface area contributed by atoms with Crippen LogP contribution in [0.5, 0.6) is 11.5 Å². The van der Waals surface area contributed by atoms with E-state index in [1.165, 1.54) is 16.9 Å². The fourth-order valence-electron chi connectivity index (χ4n) is 2.55. The number of ether oxygens (including phenoxy) is 2. The molecular weight excluding hydrogens is 346 g/mol. The first-order valence-corrected chi connectivity index (χ1v) is 9.16. The highest BCUT2D eigenvalue weighted by Crippen LogP contribution is 2.22. The minimum absolute atomic E-state index is 0.0994. The molecule has 5 heteroatoms. The molecule has 0 aliphatic heterocycles. The summed E-state index contributed by atoms with van der Waals surface area (Å²) in [5.41, 5.74) is 4.04. The first-order valence-electron chi connectivity index (χ1n) is 8.28. The number of nitrogens with one attached hydrogen (secondary N) is 1. The Kier molecular flexibility index (Phi) is 5.58. The van der Waals surface area contributed by atoms with Gasteiger partial charge in [0.15, 0.2) is 0 Å². The Morgan fingerprint density at radius 3 is 2.46 bits per heavy atom. The minimum atomic E-state index is -0.0994. The maximum Gasteiger partial charge on any atom is 0.265 e. The number of anilines is 1. The van der Waals surface area contributed by atoms with Gasteiger partial charge in [-0.25, -0.2) is 0 Å². The summed E-state index contributed by atoms with van der Waals surface area (Å²) in [7, 11) is 1.63. The third kappa shape index (κ3) is 4.43. The van der Waals surface area contributed by atoms with Crippen molar-refractivity contribution < 1.29 is 14.3 Å². The lowest BCUT2D eigenvalue weighted by Crippen LogP contribution is -2.11. The number of thiophene rings is 1. The van der Waals surface area contributed by atoms with Crippen LogP contribution in [0.2, 0.25) is 0 Å². The molecule has 1 N–H and O–H groups in total. The van der Waals surface area contributed by atoms with Gasteiger partial charge in [-0.15, -0.1) is 11.3 Å². The van der Waals surface area contributed by atoms with Crippen LogP contribution in [-0.2, 0) is 6.61 Å². The third-order valence-electron chi connectivity index (χ3n) is 3.97. The Labute approximate surface area is 157 Å². The molecule has 26 heavy (non-hydrogen) atoms. The number of aryl methyl sites for hydroxylation is 2. The van der Waals surface area contributed by atoms with Crippen molar-refractivity contribution in [3.05, 3.63) is 75.5 Å². The van der Waals surface area contributed by atoms with Crippen molar-refractivity contribution in [3.63, 3.8) is 0 Å². The zero-order chi connectivity index (χ0) is 18.5. The van der Waals surface area contributed by atoms with Gasteiger partial charge in [-0.3, -0.25) is 4.79 Å². The Morgan fingerprint density at radius 1 is 1.04 bits per heavy atom. The Hall–Kier alpha value is -2.79. The van der Waals surface area contributed by atoms with E-state index in [9.17, 15) is 4.79 Å². The maximum atomic E-state index is 12.5. The van der Waals surface area contributed by atoms with Gasteiger partial charge < -0.3 is 14.8 Å². The van der Waals surface area contributed by atoms with Crippen LogP contribution < -0.4 is 14.8 Å². The molecule has 0 fully saturated rings. The van der Waals surface area contributed by atoms with E-state index < -0.39 is 0 Å². The molecule has 0 aliphatic rings. The number of benzene rings is 2. The van der Waals surface area contributed by atoms with Crippen molar-refractivity contribution in [2.24, 2.45) is 0 Å². The van der Waals surface area contributed by atoms with Crippen molar-refractivity contribution >= 4 is 22.9 Å². The Bertz CT molecular complexity index is 900. The molecular formula is C21H21NO3S. The topological polar surface area (TPSA) is 47.6 Å². The standard InChI is InChI=1S/C21H21NO3S/c1-14-4-9-19(15(2)10-14)22-21(23)20-11-16(13-26-20)12-25-18-7-5-17(24-3)6-8-18/h4-11,13H,12H2,1-3H3,(H,22,23). The van der Waals surface area contributed by atoms with E-state index in [1.54, 1.807) is 7.11 Å². The number of rotatable bonds is 6. The van der Waals surface area contributed by atoms with Crippen LogP contribution in [0, 0.1) is 13.8 Å². The van der Waals surface area contributed by atoms with E-state index in [2.05, 4.69) is 11.4 Å². The SMILES string of the molecule is COc1ccc(OCc2csc(C(=O)Nc3ccc(C)cc3C)c2)cc1. The molecule has 0 unspecified atom stereocenters. The van der Waals surface area contributed by atoms with Crippen LogP contribution in [0.15, 0.2) is 53.9 Å². The lowest BCUT2D eigenvalue weighted by Gasteiger charge is -2.08. The highest BCUT2D eigenvalue weighted by Gasteiger charge is 2.11. The van der Waals surface area contributed by atoms with Gasteiger partial charge in [-0.05, 0) is 61.2 Å². The molecule has 1 amide bonds. The van der Waals surface area contributed by atoms with Crippen LogP contribution in [0.3, 0.4) is 0 Å². The maximum absolute atomic E-state index is 12.5. The quantitative estimate of drug-likeness (QED) is 0.651. The van der Waals surface area contributed by atoms with E-state index in [4.69, 9.17) is 9.47 Å². The zero-order valence-electron chi connectivity index (χ0n) is 15.0. The molecule has 4 nitrogen and oxygen atoms in total. The number of hydrogen-bond donors (Lipinski definition) is 1. The fraction of sp³-hybridized carbons (Fsp3) is 0.190. The molecule has 0 spiro atoms. The molecule has 1 aromatic heterocycles. The molecule has 0 radical (unpaired) electrons. The van der Waals surface area contributed by atoms with Crippen LogP contribution >= 0.6 is 11.3 Å². The predicted molar refractivity (Wildman–Crippen MR) is 106 cm³/mol. The first-order chi connectivity index (χ1) is 12.5. The van der Waals surface area contributed by atoms with Crippen molar-refractivity contribution in [3.8, 4) is 11.5 Å². The van der Waals surface area contributed by atoms with Crippen LogP contribution in [-0.4, -0.2) is 13.0 Å². The van der Waals surface area contributed by atoms with Crippen molar-refractivity contribution in [2.75, 3.05) is 12.4 Å². The molecule has 0 bridgehead atoms. The fourth-order valence-corrected chi connectivity index (χ4v) is 3.34. The second-order valence-electron chi connectivity index (χ2n) is 6.06. The van der Waals surface area contributed by atoms with E-state index in [0.29, 0.717) is 11.5 Å². The lowest BCUT2D eigenvalue weighted by molar-refractivity contribution is 0.103. The van der Waals surface area contributed by atoms with Crippen LogP contribution in [0.1, 0.15) is 26.4 Å². The Balaban J connectivity index is 1.60. The molecule has 0 aliphatic carbocycles. The van der Waals surface area contributed by atoms with Gasteiger partial charge in [0.2, 0.25) is 0 Å². The van der Waals surface area contributed by atoms with E-state index in [1.807, 2.05) is 61.7 Å². The summed E-state index contributed by atoms with van der Waals surface area (Å²) in [6.07, 6.45) is 0. The summed E-state index contributed by atoms with van der Waals surface area (Å²) in [5.74, 6) is 1.45. The molecule has 3 aromatic rings. The van der Waals surface area contributed by atoms with Crippen molar-refractivity contribution in [1.29, 1.82) is 0 Å². The monoisotopic (exact) mass is 367 g/mol. The number of hydrogen-bond acceptors (Lipinski definition) is 4. The van der Waals surface area contributed by atoms with Gasteiger partial charge in [0.1, 0.15) is 18.1 Å². The average molecular weight is 367 g/mol. The summed E-state index contributed by atoms with van der Waals surface area (Å²) < 4.78 is 10.9. The summed E-state index contributed by atoms with van der Waals surface area (Å²) in [4.78, 5) is 13.1. The van der Waals surface area contributed by atoms with Gasteiger partial charge in [-0.1, -0.05) is 17.7 Å². The number of methoxy groups -OCH3 is 1. The molecule has 3 rings (SSSR count). The van der Waals surface area contributed by atoms with Crippen molar-refractivity contribution in [1.82, 2.24) is 0 Å². The van der Waals surface area contributed by atoms with E-state index in [0.717, 1.165) is 28.3 Å². The summed E-state index contributed by atoms with van der Waals surface area (Å²) >= 11 is 1.42. The number of carbonyl (C=O) groups excluding carboxylic acids is 1. The molecule has 0 saturated heterocycles. The van der Waals surface area contributed by atoms with Gasteiger partial charge in [0.05, 0.1) is 12.0 Å².